The number of thiazole rings is 1. The highest BCUT2D eigenvalue weighted by atomic mass is 32.2. The summed E-state index contributed by atoms with van der Waals surface area (Å²) in [5, 5.41) is 24.2. The van der Waals surface area contributed by atoms with Crippen LogP contribution in [-0.4, -0.2) is 84.6 Å². The molecule has 1 saturated heterocycles. The van der Waals surface area contributed by atoms with Gasteiger partial charge in [0.2, 0.25) is 11.8 Å². The number of carboxylic acids is 1. The Labute approximate surface area is 359 Å². The van der Waals surface area contributed by atoms with Crippen molar-refractivity contribution >= 4 is 66.8 Å². The Morgan fingerprint density at radius 3 is 2.46 bits per heavy atom. The van der Waals surface area contributed by atoms with E-state index in [1.807, 2.05) is 43.5 Å². The number of carbonyl (C=O) groups excluding carboxylic acids is 3. The Balaban J connectivity index is 1.07. The summed E-state index contributed by atoms with van der Waals surface area (Å²) in [4.78, 5) is 60.3. The highest BCUT2D eigenvalue weighted by Gasteiger charge is 2.61. The predicted octanol–water partition coefficient (Wildman–Crippen LogP) is 6.01. The number of carboxylic acid groups (broad SMARTS) is 1. The van der Waals surface area contributed by atoms with Gasteiger partial charge in [0, 0.05) is 60.7 Å². The molecule has 2 fully saturated rings. The Bertz CT molecular complexity index is 2370. The SMILES string of the molecule is C=C[C@@H]1C[C@]1(NC(=O)[C@@H]1C[C@@H](Oc2cc(-c3csc(NC(C)C)n3)nc3cc(OC)ccc23)CN1)C(=O)NS(=O)(=O)c1ccccc1NC(=O)CCCCCCCCC(=O)O. The zero-order valence-electron chi connectivity index (χ0n) is 34.5. The molecule has 3 heterocycles. The number of sulfonamides is 1. The van der Waals surface area contributed by atoms with Crippen LogP contribution in [0.15, 0.2) is 71.5 Å². The van der Waals surface area contributed by atoms with Gasteiger partial charge in [-0.1, -0.05) is 43.9 Å². The van der Waals surface area contributed by atoms with Crippen LogP contribution in [0.1, 0.15) is 78.1 Å². The van der Waals surface area contributed by atoms with Crippen LogP contribution >= 0.6 is 11.3 Å². The lowest BCUT2D eigenvalue weighted by molar-refractivity contribution is -0.137. The lowest BCUT2D eigenvalue weighted by Gasteiger charge is -2.21. The topological polar surface area (TPSA) is 227 Å². The van der Waals surface area contributed by atoms with Crippen molar-refractivity contribution in [2.75, 3.05) is 24.3 Å². The molecule has 1 saturated carbocycles. The van der Waals surface area contributed by atoms with Gasteiger partial charge in [0.25, 0.3) is 15.9 Å². The number of unbranched alkanes of at least 4 members (excludes halogenated alkanes) is 5. The van der Waals surface area contributed by atoms with Crippen LogP contribution in [0.2, 0.25) is 0 Å². The van der Waals surface area contributed by atoms with Crippen molar-refractivity contribution < 1.29 is 42.2 Å². The summed E-state index contributed by atoms with van der Waals surface area (Å²) in [5.41, 5.74) is 0.394. The number of pyridine rings is 1. The first-order valence-corrected chi connectivity index (χ1v) is 22.8. The number of fused-ring (bicyclic) bond motifs is 1. The maximum Gasteiger partial charge on any atom is 0.303 e. The number of nitrogens with one attached hydrogen (secondary N) is 5. The Morgan fingerprint density at radius 1 is 1.02 bits per heavy atom. The van der Waals surface area contributed by atoms with Crippen LogP contribution in [-0.2, 0) is 29.2 Å². The number of carbonyl (C=O) groups is 4. The standard InChI is InChI=1S/C43H53N7O9S2/c1-5-27-23-43(27,41(55)50-61(56,57)37-15-13-12-14-31(37)47-38(51)16-10-8-6-7-9-11-17-39(52)53)49-40(54)34-21-29(24-44-34)59-36-22-33(35-25-60-42(48-35)45-26(2)3)46-32-20-28(58-4)18-19-30(32)36/h5,12-15,18-20,22,25-27,29,34,44H,1,6-11,16-17,21,23-24H2,2-4H3,(H,45,48)(H,47,51)(H,49,54)(H,50,55)(H,52,53)/t27-,29-,34+,43-/m1/s1. The molecule has 0 bridgehead atoms. The summed E-state index contributed by atoms with van der Waals surface area (Å²) >= 11 is 1.47. The van der Waals surface area contributed by atoms with Gasteiger partial charge in [-0.05, 0) is 57.4 Å². The average Bonchev–Trinajstić information content (AvgIpc) is 3.47. The molecule has 6 rings (SSSR count). The van der Waals surface area contributed by atoms with E-state index in [2.05, 4.69) is 32.6 Å². The number of aliphatic carboxylic acids is 1. The van der Waals surface area contributed by atoms with E-state index in [0.717, 1.165) is 36.2 Å². The molecule has 2 aliphatic rings. The first-order chi connectivity index (χ1) is 29.2. The van der Waals surface area contributed by atoms with Crippen molar-refractivity contribution in [3.05, 3.63) is 66.6 Å². The van der Waals surface area contributed by atoms with E-state index in [-0.39, 0.29) is 48.2 Å². The second-order valence-corrected chi connectivity index (χ2v) is 18.2. The lowest BCUT2D eigenvalue weighted by Crippen LogP contribution is -2.55. The van der Waals surface area contributed by atoms with Gasteiger partial charge in [-0.2, -0.15) is 0 Å². The van der Waals surface area contributed by atoms with Crippen LogP contribution in [0.25, 0.3) is 22.3 Å². The van der Waals surface area contributed by atoms with E-state index in [1.165, 1.54) is 35.6 Å². The predicted molar refractivity (Wildman–Crippen MR) is 233 cm³/mol. The number of nitrogens with zero attached hydrogens (tertiary/aromatic N) is 2. The highest BCUT2D eigenvalue weighted by molar-refractivity contribution is 7.90. The van der Waals surface area contributed by atoms with Crippen molar-refractivity contribution in [3.8, 4) is 22.9 Å². The van der Waals surface area contributed by atoms with Crippen molar-refractivity contribution in [1.29, 1.82) is 0 Å². The number of rotatable bonds is 22. The number of benzene rings is 2. The fourth-order valence-electron chi connectivity index (χ4n) is 7.30. The highest BCUT2D eigenvalue weighted by Crippen LogP contribution is 2.45. The van der Waals surface area contributed by atoms with Crippen molar-refractivity contribution in [2.45, 2.75) is 107 Å². The molecule has 1 aliphatic heterocycles. The molecule has 0 radical (unpaired) electrons. The largest absolute Gasteiger partial charge is 0.497 e. The van der Waals surface area contributed by atoms with Crippen molar-refractivity contribution in [1.82, 2.24) is 25.3 Å². The van der Waals surface area contributed by atoms with Crippen LogP contribution < -0.4 is 35.5 Å². The summed E-state index contributed by atoms with van der Waals surface area (Å²) in [6.45, 7) is 8.19. The normalized spacial score (nSPS) is 19.6. The van der Waals surface area contributed by atoms with E-state index < -0.39 is 51.4 Å². The first kappa shape index (κ1) is 44.9. The molecule has 16 nitrogen and oxygen atoms in total. The van der Waals surface area contributed by atoms with Gasteiger partial charge >= 0.3 is 5.97 Å². The number of ether oxygens (including phenoxy) is 2. The van der Waals surface area contributed by atoms with E-state index in [1.54, 1.807) is 13.2 Å². The van der Waals surface area contributed by atoms with Gasteiger partial charge in [0.15, 0.2) is 5.13 Å². The fraction of sp³-hybridized carbons (Fsp3) is 0.442. The minimum absolute atomic E-state index is 0.0181. The van der Waals surface area contributed by atoms with Crippen molar-refractivity contribution in [3.63, 3.8) is 0 Å². The number of aromatic nitrogens is 2. The Hall–Kier alpha value is -5.59. The zero-order chi connectivity index (χ0) is 43.7. The van der Waals surface area contributed by atoms with Gasteiger partial charge in [0.05, 0.1) is 30.0 Å². The Kier molecular flexibility index (Phi) is 14.6. The van der Waals surface area contributed by atoms with Crippen LogP contribution in [0, 0.1) is 5.92 Å². The molecule has 3 amide bonds. The maximum absolute atomic E-state index is 13.8. The molecule has 2 aromatic heterocycles. The Morgan fingerprint density at radius 2 is 1.75 bits per heavy atom. The summed E-state index contributed by atoms with van der Waals surface area (Å²) in [5.74, 6) is -1.94. The summed E-state index contributed by atoms with van der Waals surface area (Å²) in [6.07, 6.45) is 6.26. The monoisotopic (exact) mass is 875 g/mol. The third kappa shape index (κ3) is 11.4. The van der Waals surface area contributed by atoms with E-state index in [4.69, 9.17) is 24.5 Å². The molecule has 1 aliphatic carbocycles. The zero-order valence-corrected chi connectivity index (χ0v) is 36.1. The van der Waals surface area contributed by atoms with Gasteiger partial charge in [-0.25, -0.2) is 23.1 Å². The van der Waals surface area contributed by atoms with E-state index in [0.29, 0.717) is 47.8 Å². The summed E-state index contributed by atoms with van der Waals surface area (Å²) in [6, 6.07) is 12.6. The molecule has 4 atom stereocenters. The van der Waals surface area contributed by atoms with Crippen LogP contribution in [0.4, 0.5) is 10.8 Å². The van der Waals surface area contributed by atoms with Gasteiger partial charge in [-0.15, -0.1) is 17.9 Å². The van der Waals surface area contributed by atoms with Crippen molar-refractivity contribution in [2.24, 2.45) is 5.92 Å². The molecule has 0 spiro atoms. The van der Waals surface area contributed by atoms with Crippen LogP contribution in [0.3, 0.4) is 0 Å². The molecule has 0 unspecified atom stereocenters. The van der Waals surface area contributed by atoms with E-state index >= 15 is 0 Å². The fourth-order valence-corrected chi connectivity index (χ4v) is 9.36. The lowest BCUT2D eigenvalue weighted by atomic mass is 10.1. The second kappa shape index (κ2) is 19.9. The number of methoxy groups -OCH3 is 1. The number of hydrogen-bond acceptors (Lipinski definition) is 13. The molecular formula is C43H53N7O9S2. The van der Waals surface area contributed by atoms with Gasteiger partial charge in [-0.3, -0.25) is 19.2 Å². The van der Waals surface area contributed by atoms with Gasteiger partial charge in [0.1, 0.15) is 33.7 Å². The van der Waals surface area contributed by atoms with Gasteiger partial charge < -0.3 is 35.8 Å². The maximum atomic E-state index is 13.8. The molecule has 2 aromatic carbocycles. The quantitative estimate of drug-likeness (QED) is 0.0394. The molecular weight excluding hydrogens is 823 g/mol. The van der Waals surface area contributed by atoms with Crippen LogP contribution in [0.5, 0.6) is 11.5 Å². The minimum atomic E-state index is -4.50. The number of hydrogen-bond donors (Lipinski definition) is 6. The third-order valence-electron chi connectivity index (χ3n) is 10.6. The first-order valence-electron chi connectivity index (χ1n) is 20.4. The third-order valence-corrected chi connectivity index (χ3v) is 12.8. The molecule has 326 valence electrons. The molecule has 6 N–H and O–H groups in total. The number of anilines is 2. The summed E-state index contributed by atoms with van der Waals surface area (Å²) < 4.78 is 41.5. The summed E-state index contributed by atoms with van der Waals surface area (Å²) in [7, 11) is -2.92. The molecule has 4 aromatic rings. The molecule has 18 heteroatoms. The average molecular weight is 876 g/mol. The molecule has 61 heavy (non-hydrogen) atoms. The minimum Gasteiger partial charge on any atom is -0.497 e. The smallest absolute Gasteiger partial charge is 0.303 e. The second-order valence-electron chi connectivity index (χ2n) is 15.7. The number of para-hydroxylation sites is 1. The van der Waals surface area contributed by atoms with E-state index in [9.17, 15) is 27.6 Å². The number of amides is 3.